The predicted molar refractivity (Wildman–Crippen MR) is 57.1 cm³/mol. The zero-order chi connectivity index (χ0) is 13.1. The van der Waals surface area contributed by atoms with Gasteiger partial charge in [-0.15, -0.1) is 24.8 Å². The van der Waals surface area contributed by atoms with Gasteiger partial charge < -0.3 is 4.74 Å². The van der Waals surface area contributed by atoms with Crippen molar-refractivity contribution in [2.24, 2.45) is 0 Å². The first-order chi connectivity index (χ1) is 7.81. The predicted octanol–water partition coefficient (Wildman–Crippen LogP) is 3.46. The molecule has 1 aromatic carbocycles. The maximum Gasteiger partial charge on any atom is 0.573 e. The van der Waals surface area contributed by atoms with E-state index in [9.17, 15) is 18.0 Å². The number of hydrogen-bond donors (Lipinski definition) is 0. The van der Waals surface area contributed by atoms with Gasteiger partial charge in [-0.05, 0) is 18.6 Å². The molecule has 0 unspecified atom stereocenters. The maximum absolute atomic E-state index is 12.0. The lowest BCUT2D eigenvalue weighted by Gasteiger charge is -2.12. The molecule has 0 bridgehead atoms. The van der Waals surface area contributed by atoms with Crippen LogP contribution in [0, 0.1) is 0 Å². The number of halogens is 4. The summed E-state index contributed by atoms with van der Waals surface area (Å²) in [5, 5.41) is 0. The number of ketones is 1. The fourth-order valence-electron chi connectivity index (χ4n) is 1.36. The molecule has 0 saturated carbocycles. The van der Waals surface area contributed by atoms with Crippen LogP contribution in [0.4, 0.5) is 13.2 Å². The highest BCUT2D eigenvalue weighted by Crippen LogP contribution is 2.28. The topological polar surface area (TPSA) is 26.3 Å². The van der Waals surface area contributed by atoms with Gasteiger partial charge in [0.25, 0.3) is 0 Å². The smallest absolute Gasteiger partial charge is 0.405 e. The molecule has 0 saturated heterocycles. The molecule has 0 radical (unpaired) electrons. The van der Waals surface area contributed by atoms with Crippen LogP contribution < -0.4 is 4.74 Å². The molecule has 1 rings (SSSR count). The lowest BCUT2D eigenvalue weighted by Crippen LogP contribution is -2.18. The van der Waals surface area contributed by atoms with Crippen molar-refractivity contribution in [2.75, 3.05) is 0 Å². The average Bonchev–Trinajstić information content (AvgIpc) is 2.17. The van der Waals surface area contributed by atoms with Crippen LogP contribution >= 0.6 is 11.6 Å². The summed E-state index contributed by atoms with van der Waals surface area (Å²) in [5.41, 5.74) is 0.824. The SMILES string of the molecule is CC(=O)Cc1ccc(OC(F)(F)F)c(CCl)c1. The van der Waals surface area contributed by atoms with E-state index in [1.165, 1.54) is 25.1 Å². The van der Waals surface area contributed by atoms with E-state index in [1.54, 1.807) is 0 Å². The molecule has 0 fully saturated rings. The third-order valence-corrected chi connectivity index (χ3v) is 2.24. The third-order valence-electron chi connectivity index (χ3n) is 1.95. The van der Waals surface area contributed by atoms with Gasteiger partial charge in [-0.25, -0.2) is 0 Å². The number of ether oxygens (including phenoxy) is 1. The molecule has 0 aliphatic heterocycles. The molecule has 94 valence electrons. The van der Waals surface area contributed by atoms with E-state index in [-0.39, 0.29) is 29.4 Å². The minimum atomic E-state index is -4.75. The van der Waals surface area contributed by atoms with E-state index in [2.05, 4.69) is 4.74 Å². The minimum Gasteiger partial charge on any atom is -0.405 e. The van der Waals surface area contributed by atoms with Gasteiger partial charge in [0.1, 0.15) is 11.5 Å². The second-order valence-corrected chi connectivity index (χ2v) is 3.77. The molecule has 17 heavy (non-hydrogen) atoms. The number of Topliss-reactive ketones (excluding diaryl/α,β-unsaturated/α-hetero) is 1. The monoisotopic (exact) mass is 266 g/mol. The molecule has 6 heteroatoms. The third kappa shape index (κ3) is 4.65. The molecule has 0 aromatic heterocycles. The summed E-state index contributed by atoms with van der Waals surface area (Å²) in [6, 6.07) is 4.03. The summed E-state index contributed by atoms with van der Waals surface area (Å²) in [6.07, 6.45) is -4.58. The standard InChI is InChI=1S/C11H10ClF3O2/c1-7(16)4-8-2-3-10(9(5-8)6-12)17-11(13,14)15/h2-3,5H,4,6H2,1H3. The van der Waals surface area contributed by atoms with E-state index >= 15 is 0 Å². The second kappa shape index (κ2) is 5.40. The van der Waals surface area contributed by atoms with Gasteiger partial charge in [0.05, 0.1) is 5.88 Å². The fourth-order valence-corrected chi connectivity index (χ4v) is 1.57. The van der Waals surface area contributed by atoms with Crippen molar-refractivity contribution in [2.45, 2.75) is 25.6 Å². The number of hydrogen-bond acceptors (Lipinski definition) is 2. The van der Waals surface area contributed by atoms with Gasteiger partial charge in [0.15, 0.2) is 0 Å². The van der Waals surface area contributed by atoms with Gasteiger partial charge >= 0.3 is 6.36 Å². The second-order valence-electron chi connectivity index (χ2n) is 3.50. The van der Waals surface area contributed by atoms with Crippen LogP contribution in [0.1, 0.15) is 18.1 Å². The van der Waals surface area contributed by atoms with Crippen molar-refractivity contribution in [1.29, 1.82) is 0 Å². The van der Waals surface area contributed by atoms with E-state index in [0.29, 0.717) is 5.56 Å². The first kappa shape index (κ1) is 13.8. The van der Waals surface area contributed by atoms with Crippen LogP contribution in [-0.4, -0.2) is 12.1 Å². The average molecular weight is 267 g/mol. The summed E-state index contributed by atoms with van der Waals surface area (Å²) in [6.45, 7) is 1.40. The van der Waals surface area contributed by atoms with Crippen molar-refractivity contribution >= 4 is 17.4 Å². The zero-order valence-corrected chi connectivity index (χ0v) is 9.73. The van der Waals surface area contributed by atoms with Crippen LogP contribution in [0.2, 0.25) is 0 Å². The fraction of sp³-hybridized carbons (Fsp3) is 0.364. The largest absolute Gasteiger partial charge is 0.573 e. The van der Waals surface area contributed by atoms with Crippen LogP contribution in [0.3, 0.4) is 0 Å². The molecule has 0 aliphatic rings. The molecule has 0 N–H and O–H groups in total. The van der Waals surface area contributed by atoms with Gasteiger partial charge in [0.2, 0.25) is 0 Å². The molecule has 0 amide bonds. The highest BCUT2D eigenvalue weighted by Gasteiger charge is 2.32. The normalized spacial score (nSPS) is 11.4. The zero-order valence-electron chi connectivity index (χ0n) is 8.97. The summed E-state index contributed by atoms with van der Waals surface area (Å²) in [7, 11) is 0. The Bertz CT molecular complexity index is 416. The minimum absolute atomic E-state index is 0.0741. The van der Waals surface area contributed by atoms with Gasteiger partial charge in [-0.1, -0.05) is 12.1 Å². The van der Waals surface area contributed by atoms with Crippen LogP contribution in [0.5, 0.6) is 5.75 Å². The lowest BCUT2D eigenvalue weighted by molar-refractivity contribution is -0.274. The molecular formula is C11H10ClF3O2. The summed E-state index contributed by atoms with van der Waals surface area (Å²) >= 11 is 5.54. The molecule has 2 nitrogen and oxygen atoms in total. The van der Waals surface area contributed by atoms with Crippen LogP contribution in [-0.2, 0) is 17.1 Å². The van der Waals surface area contributed by atoms with Crippen molar-refractivity contribution in [3.8, 4) is 5.75 Å². The Morgan fingerprint density at radius 2 is 2.06 bits per heavy atom. The number of rotatable bonds is 4. The molecule has 0 spiro atoms. The first-order valence-corrected chi connectivity index (χ1v) is 5.28. The number of alkyl halides is 4. The van der Waals surface area contributed by atoms with Gasteiger partial charge in [0, 0.05) is 12.0 Å². The molecule has 1 aromatic rings. The Kier molecular flexibility index (Phi) is 4.40. The van der Waals surface area contributed by atoms with Crippen molar-refractivity contribution in [3.05, 3.63) is 29.3 Å². The quantitative estimate of drug-likeness (QED) is 0.780. The summed E-state index contributed by atoms with van der Waals surface area (Å²) in [4.78, 5) is 10.9. The van der Waals surface area contributed by atoms with E-state index in [1.807, 2.05) is 0 Å². The van der Waals surface area contributed by atoms with Crippen molar-refractivity contribution in [3.63, 3.8) is 0 Å². The highest BCUT2D eigenvalue weighted by atomic mass is 35.5. The highest BCUT2D eigenvalue weighted by molar-refractivity contribution is 6.17. The van der Waals surface area contributed by atoms with Crippen LogP contribution in [0.15, 0.2) is 18.2 Å². The number of carbonyl (C=O) groups excluding carboxylic acids is 1. The van der Waals surface area contributed by atoms with Crippen LogP contribution in [0.25, 0.3) is 0 Å². The summed E-state index contributed by atoms with van der Waals surface area (Å²) in [5.74, 6) is -0.522. The number of benzene rings is 1. The van der Waals surface area contributed by atoms with Crippen molar-refractivity contribution < 1.29 is 22.7 Å². The maximum atomic E-state index is 12.0. The Morgan fingerprint density at radius 3 is 2.53 bits per heavy atom. The van der Waals surface area contributed by atoms with Gasteiger partial charge in [-0.2, -0.15) is 0 Å². The van der Waals surface area contributed by atoms with Crippen molar-refractivity contribution in [1.82, 2.24) is 0 Å². The molecule has 0 atom stereocenters. The van der Waals surface area contributed by atoms with E-state index in [4.69, 9.17) is 11.6 Å². The molecular weight excluding hydrogens is 257 g/mol. The number of carbonyl (C=O) groups is 1. The summed E-state index contributed by atoms with van der Waals surface area (Å²) < 4.78 is 40.0. The lowest BCUT2D eigenvalue weighted by atomic mass is 10.1. The first-order valence-electron chi connectivity index (χ1n) is 4.75. The Hall–Kier alpha value is -1.23. The molecule has 0 aliphatic carbocycles. The van der Waals surface area contributed by atoms with Gasteiger partial charge in [-0.3, -0.25) is 4.79 Å². The Labute approximate surface area is 101 Å². The van der Waals surface area contributed by atoms with E-state index < -0.39 is 6.36 Å². The van der Waals surface area contributed by atoms with E-state index in [0.717, 1.165) is 0 Å². The molecule has 0 heterocycles. The Morgan fingerprint density at radius 1 is 1.41 bits per heavy atom. The Balaban J connectivity index is 2.97.